The molecule has 1 fully saturated rings. The van der Waals surface area contributed by atoms with E-state index in [1.54, 1.807) is 0 Å². The Labute approximate surface area is 123 Å². The lowest BCUT2D eigenvalue weighted by molar-refractivity contribution is -0.0264. The summed E-state index contributed by atoms with van der Waals surface area (Å²) in [6.45, 7) is 12.5. The van der Waals surface area contributed by atoms with E-state index < -0.39 is 17.3 Å². The van der Waals surface area contributed by atoms with Crippen molar-refractivity contribution in [3.63, 3.8) is 0 Å². The molecule has 0 heterocycles. The molecule has 0 aromatic carbocycles. The first-order chi connectivity index (χ1) is 8.91. The van der Waals surface area contributed by atoms with Crippen LogP contribution < -0.4 is 5.32 Å². The molecule has 1 aliphatic carbocycles. The molecule has 1 saturated carbocycles. The van der Waals surface area contributed by atoms with Gasteiger partial charge in [0.1, 0.15) is 5.60 Å². The third kappa shape index (κ3) is 5.70. The number of aliphatic hydroxyl groups is 1. The molecule has 20 heavy (non-hydrogen) atoms. The molecule has 1 aliphatic rings. The third-order valence-electron chi connectivity index (χ3n) is 4.10. The van der Waals surface area contributed by atoms with Crippen LogP contribution in [0.15, 0.2) is 0 Å². The zero-order valence-corrected chi connectivity index (χ0v) is 13.9. The predicted molar refractivity (Wildman–Crippen MR) is 80.6 cm³/mol. The molecule has 0 radical (unpaired) electrons. The highest BCUT2D eigenvalue weighted by atomic mass is 16.6. The van der Waals surface area contributed by atoms with Crippen LogP contribution in [0, 0.1) is 11.3 Å². The minimum absolute atomic E-state index is 0.277. The van der Waals surface area contributed by atoms with E-state index in [-0.39, 0.29) is 6.54 Å². The van der Waals surface area contributed by atoms with Gasteiger partial charge in [-0.15, -0.1) is 0 Å². The van der Waals surface area contributed by atoms with Gasteiger partial charge in [0, 0.05) is 6.54 Å². The van der Waals surface area contributed by atoms with Crippen LogP contribution in [0.5, 0.6) is 0 Å². The summed E-state index contributed by atoms with van der Waals surface area (Å²) in [5, 5.41) is 13.2. The minimum Gasteiger partial charge on any atom is -0.444 e. The molecule has 1 rings (SSSR count). The average Bonchev–Trinajstić information content (AvgIpc) is 2.23. The number of carbonyl (C=O) groups is 1. The lowest BCUT2D eigenvalue weighted by Gasteiger charge is -2.41. The first-order valence-electron chi connectivity index (χ1n) is 7.61. The maximum absolute atomic E-state index is 11.6. The van der Waals surface area contributed by atoms with Crippen LogP contribution in [0.25, 0.3) is 0 Å². The van der Waals surface area contributed by atoms with Gasteiger partial charge in [0.15, 0.2) is 0 Å². The largest absolute Gasteiger partial charge is 0.444 e. The number of rotatable bonds is 2. The Balaban J connectivity index is 2.40. The summed E-state index contributed by atoms with van der Waals surface area (Å²) in [5.41, 5.74) is -0.991. The molecule has 0 bridgehead atoms. The zero-order valence-electron chi connectivity index (χ0n) is 13.9. The van der Waals surface area contributed by atoms with Gasteiger partial charge < -0.3 is 15.2 Å². The molecule has 0 unspecified atom stereocenters. The van der Waals surface area contributed by atoms with Gasteiger partial charge in [0.2, 0.25) is 0 Å². The molecular formula is C16H31NO3. The molecule has 0 aromatic rings. The van der Waals surface area contributed by atoms with Gasteiger partial charge in [-0.25, -0.2) is 4.79 Å². The van der Waals surface area contributed by atoms with E-state index in [9.17, 15) is 9.90 Å². The van der Waals surface area contributed by atoms with Gasteiger partial charge in [0.05, 0.1) is 5.60 Å². The van der Waals surface area contributed by atoms with Gasteiger partial charge in [0.25, 0.3) is 0 Å². The fourth-order valence-corrected chi connectivity index (χ4v) is 2.75. The molecular weight excluding hydrogens is 254 g/mol. The van der Waals surface area contributed by atoms with Crippen LogP contribution in [0.2, 0.25) is 0 Å². The van der Waals surface area contributed by atoms with E-state index >= 15 is 0 Å². The maximum atomic E-state index is 11.6. The highest BCUT2D eigenvalue weighted by molar-refractivity contribution is 5.67. The number of amides is 1. The van der Waals surface area contributed by atoms with Crippen molar-refractivity contribution in [3.05, 3.63) is 0 Å². The van der Waals surface area contributed by atoms with Gasteiger partial charge in [-0.05, 0) is 57.8 Å². The van der Waals surface area contributed by atoms with Crippen LogP contribution in [0.3, 0.4) is 0 Å². The minimum atomic E-state index is -0.779. The van der Waals surface area contributed by atoms with Gasteiger partial charge in [-0.1, -0.05) is 20.8 Å². The third-order valence-corrected chi connectivity index (χ3v) is 4.10. The fourth-order valence-electron chi connectivity index (χ4n) is 2.75. The summed E-state index contributed by atoms with van der Waals surface area (Å²) < 4.78 is 5.19. The van der Waals surface area contributed by atoms with Crippen molar-refractivity contribution in [2.45, 2.75) is 78.4 Å². The van der Waals surface area contributed by atoms with Crippen LogP contribution in [0.1, 0.15) is 67.2 Å². The van der Waals surface area contributed by atoms with E-state index in [0.29, 0.717) is 11.3 Å². The second-order valence-electron chi connectivity index (χ2n) is 8.22. The van der Waals surface area contributed by atoms with Crippen molar-refractivity contribution in [1.82, 2.24) is 5.32 Å². The van der Waals surface area contributed by atoms with E-state index in [2.05, 4.69) is 26.1 Å². The van der Waals surface area contributed by atoms with Crippen molar-refractivity contribution >= 4 is 6.09 Å². The predicted octanol–water partition coefficient (Wildman–Crippen LogP) is 3.48. The van der Waals surface area contributed by atoms with Crippen LogP contribution in [-0.2, 0) is 4.74 Å². The smallest absolute Gasteiger partial charge is 0.407 e. The molecule has 0 aromatic heterocycles. The van der Waals surface area contributed by atoms with E-state index in [1.165, 1.54) is 0 Å². The number of alkyl carbamates (subject to hydrolysis) is 1. The summed E-state index contributed by atoms with van der Waals surface area (Å²) >= 11 is 0. The number of hydrogen-bond acceptors (Lipinski definition) is 3. The van der Waals surface area contributed by atoms with Crippen molar-refractivity contribution < 1.29 is 14.6 Å². The zero-order chi connectivity index (χ0) is 15.6. The Morgan fingerprint density at radius 3 is 2.10 bits per heavy atom. The second-order valence-corrected chi connectivity index (χ2v) is 8.22. The normalized spacial score (nSPS) is 28.1. The van der Waals surface area contributed by atoms with Gasteiger partial charge >= 0.3 is 6.09 Å². The fraction of sp³-hybridized carbons (Fsp3) is 0.938. The summed E-state index contributed by atoms with van der Waals surface area (Å²) in [6, 6.07) is 0. The first-order valence-corrected chi connectivity index (χ1v) is 7.61. The molecule has 0 saturated heterocycles. The van der Waals surface area contributed by atoms with E-state index in [4.69, 9.17) is 4.74 Å². The Hall–Kier alpha value is -0.770. The quantitative estimate of drug-likeness (QED) is 0.816. The van der Waals surface area contributed by atoms with Crippen molar-refractivity contribution in [2.75, 3.05) is 6.54 Å². The van der Waals surface area contributed by atoms with E-state index in [0.717, 1.165) is 25.7 Å². The molecule has 0 spiro atoms. The Bertz CT molecular complexity index is 331. The van der Waals surface area contributed by atoms with Gasteiger partial charge in [-0.3, -0.25) is 0 Å². The molecule has 2 N–H and O–H groups in total. The number of nitrogens with one attached hydrogen (secondary N) is 1. The second kappa shape index (κ2) is 5.92. The lowest BCUT2D eigenvalue weighted by Crippen LogP contribution is -2.47. The summed E-state index contributed by atoms with van der Waals surface area (Å²) in [7, 11) is 0. The lowest BCUT2D eigenvalue weighted by atomic mass is 9.68. The molecule has 0 aliphatic heterocycles. The van der Waals surface area contributed by atoms with Crippen molar-refractivity contribution in [2.24, 2.45) is 11.3 Å². The number of ether oxygens (including phenoxy) is 1. The highest BCUT2D eigenvalue weighted by Crippen LogP contribution is 2.41. The number of hydrogen-bond donors (Lipinski definition) is 2. The summed E-state index contributed by atoms with van der Waals surface area (Å²) in [4.78, 5) is 11.6. The standard InChI is InChI=1S/C16H31NO3/c1-14(2,3)12-7-9-16(19,10-8-12)11-17-13(18)20-15(4,5)6/h12,19H,7-11H2,1-6H3,(H,17,18). The molecule has 4 nitrogen and oxygen atoms in total. The molecule has 0 atom stereocenters. The summed E-state index contributed by atoms with van der Waals surface area (Å²) in [6.07, 6.45) is 3.05. The first kappa shape index (κ1) is 17.3. The molecule has 118 valence electrons. The van der Waals surface area contributed by atoms with Crippen LogP contribution >= 0.6 is 0 Å². The Morgan fingerprint density at radius 1 is 1.20 bits per heavy atom. The van der Waals surface area contributed by atoms with Gasteiger partial charge in [-0.2, -0.15) is 0 Å². The molecule has 1 amide bonds. The van der Waals surface area contributed by atoms with E-state index in [1.807, 2.05) is 20.8 Å². The Morgan fingerprint density at radius 2 is 1.70 bits per heavy atom. The average molecular weight is 285 g/mol. The van der Waals surface area contributed by atoms with Crippen LogP contribution in [-0.4, -0.2) is 28.9 Å². The van der Waals surface area contributed by atoms with Crippen LogP contribution in [0.4, 0.5) is 4.79 Å². The monoisotopic (exact) mass is 285 g/mol. The van der Waals surface area contributed by atoms with Crippen molar-refractivity contribution in [1.29, 1.82) is 0 Å². The number of carbonyl (C=O) groups excluding carboxylic acids is 1. The molecule has 4 heteroatoms. The Kier molecular flexibility index (Phi) is 5.12. The summed E-state index contributed by atoms with van der Waals surface area (Å²) in [5.74, 6) is 0.643. The highest BCUT2D eigenvalue weighted by Gasteiger charge is 2.37. The van der Waals surface area contributed by atoms with Crippen molar-refractivity contribution in [3.8, 4) is 0 Å². The SMILES string of the molecule is CC(C)(C)OC(=O)NCC1(O)CCC(C(C)(C)C)CC1. The topological polar surface area (TPSA) is 58.6 Å². The maximum Gasteiger partial charge on any atom is 0.407 e.